The van der Waals surface area contributed by atoms with Crippen molar-refractivity contribution in [3.8, 4) is 11.3 Å². The highest BCUT2D eigenvalue weighted by atomic mass is 19.1. The van der Waals surface area contributed by atoms with E-state index in [4.69, 9.17) is 5.11 Å². The first-order valence-electron chi connectivity index (χ1n) is 5.53. The van der Waals surface area contributed by atoms with Crippen LogP contribution in [0.2, 0.25) is 0 Å². The van der Waals surface area contributed by atoms with E-state index in [2.05, 4.69) is 0 Å². The third-order valence-electron chi connectivity index (χ3n) is 2.78. The molecule has 1 aromatic carbocycles. The lowest BCUT2D eigenvalue weighted by atomic mass is 10.1. The molecule has 0 aliphatic carbocycles. The molecule has 100 valence electrons. The normalized spacial score (nSPS) is 10.7. The van der Waals surface area contributed by atoms with Gasteiger partial charge in [0.25, 0.3) is 0 Å². The molecule has 6 heteroatoms. The van der Waals surface area contributed by atoms with E-state index in [1.54, 1.807) is 6.92 Å². The Morgan fingerprint density at radius 1 is 1.21 bits per heavy atom. The Balaban J connectivity index is 2.69. The van der Waals surface area contributed by atoms with Crippen LogP contribution in [0.1, 0.15) is 17.4 Å². The van der Waals surface area contributed by atoms with Crippen molar-refractivity contribution >= 4 is 5.97 Å². The van der Waals surface area contributed by atoms with Gasteiger partial charge >= 0.3 is 5.97 Å². The number of carboxylic acids is 1. The summed E-state index contributed by atoms with van der Waals surface area (Å²) in [5.41, 5.74) is -0.453. The molecule has 3 nitrogen and oxygen atoms in total. The SMILES string of the molecule is CCn1c(C(=O)O)ccc1-c1c(F)cc(F)cc1F. The molecule has 0 aliphatic heterocycles. The Bertz CT molecular complexity index is 626. The first-order chi connectivity index (χ1) is 8.95. The molecule has 0 amide bonds. The van der Waals surface area contributed by atoms with Crippen LogP contribution in [0, 0.1) is 17.5 Å². The van der Waals surface area contributed by atoms with Crippen LogP contribution in [-0.4, -0.2) is 15.6 Å². The molecule has 19 heavy (non-hydrogen) atoms. The van der Waals surface area contributed by atoms with Crippen molar-refractivity contribution in [2.75, 3.05) is 0 Å². The fourth-order valence-corrected chi connectivity index (χ4v) is 2.00. The zero-order chi connectivity index (χ0) is 14.2. The van der Waals surface area contributed by atoms with Crippen molar-refractivity contribution in [1.29, 1.82) is 0 Å². The largest absolute Gasteiger partial charge is 0.477 e. The zero-order valence-corrected chi connectivity index (χ0v) is 9.95. The van der Waals surface area contributed by atoms with E-state index >= 15 is 0 Å². The van der Waals surface area contributed by atoms with E-state index in [9.17, 15) is 18.0 Å². The summed E-state index contributed by atoms with van der Waals surface area (Å²) in [6.07, 6.45) is 0. The van der Waals surface area contributed by atoms with Gasteiger partial charge in [0.1, 0.15) is 23.1 Å². The second kappa shape index (κ2) is 4.79. The van der Waals surface area contributed by atoms with Crippen LogP contribution in [0.5, 0.6) is 0 Å². The number of hydrogen-bond acceptors (Lipinski definition) is 1. The number of aromatic carboxylic acids is 1. The number of rotatable bonds is 3. The zero-order valence-electron chi connectivity index (χ0n) is 9.95. The van der Waals surface area contributed by atoms with Gasteiger partial charge in [0.2, 0.25) is 0 Å². The van der Waals surface area contributed by atoms with Gasteiger partial charge in [-0.25, -0.2) is 18.0 Å². The fraction of sp³-hybridized carbons (Fsp3) is 0.154. The Hall–Kier alpha value is -2.24. The van der Waals surface area contributed by atoms with Gasteiger partial charge in [-0.05, 0) is 19.1 Å². The average Bonchev–Trinajstić information content (AvgIpc) is 2.71. The molecule has 1 aromatic heterocycles. The van der Waals surface area contributed by atoms with Crippen LogP contribution in [0.25, 0.3) is 11.3 Å². The van der Waals surface area contributed by atoms with Gasteiger partial charge in [-0.2, -0.15) is 0 Å². The number of carbonyl (C=O) groups is 1. The summed E-state index contributed by atoms with van der Waals surface area (Å²) < 4.78 is 41.5. The molecule has 2 rings (SSSR count). The van der Waals surface area contributed by atoms with Gasteiger partial charge < -0.3 is 9.67 Å². The molecule has 2 aromatic rings. The Morgan fingerprint density at radius 2 is 1.79 bits per heavy atom. The van der Waals surface area contributed by atoms with Gasteiger partial charge in [0.05, 0.1) is 11.3 Å². The molecule has 0 saturated heterocycles. The molecule has 0 saturated carbocycles. The average molecular weight is 269 g/mol. The summed E-state index contributed by atoms with van der Waals surface area (Å²) in [5, 5.41) is 8.97. The minimum Gasteiger partial charge on any atom is -0.477 e. The van der Waals surface area contributed by atoms with Crippen LogP contribution >= 0.6 is 0 Å². The lowest BCUT2D eigenvalue weighted by Crippen LogP contribution is -2.09. The predicted molar refractivity (Wildman–Crippen MR) is 62.4 cm³/mol. The number of aromatic nitrogens is 1. The molecule has 1 N–H and O–H groups in total. The quantitative estimate of drug-likeness (QED) is 0.929. The molecular formula is C13H10F3NO2. The second-order valence-electron chi connectivity index (χ2n) is 3.90. The van der Waals surface area contributed by atoms with Crippen molar-refractivity contribution in [1.82, 2.24) is 4.57 Å². The van der Waals surface area contributed by atoms with Crippen LogP contribution in [-0.2, 0) is 6.54 Å². The van der Waals surface area contributed by atoms with E-state index in [0.29, 0.717) is 12.1 Å². The van der Waals surface area contributed by atoms with Gasteiger partial charge in [-0.3, -0.25) is 0 Å². The number of benzene rings is 1. The summed E-state index contributed by atoms with van der Waals surface area (Å²) in [6.45, 7) is 1.87. The molecule has 0 fully saturated rings. The van der Waals surface area contributed by atoms with Crippen LogP contribution in [0.3, 0.4) is 0 Å². The fourth-order valence-electron chi connectivity index (χ4n) is 2.00. The Morgan fingerprint density at radius 3 is 2.26 bits per heavy atom. The molecular weight excluding hydrogens is 259 g/mol. The van der Waals surface area contributed by atoms with Crippen molar-refractivity contribution in [3.63, 3.8) is 0 Å². The highest BCUT2D eigenvalue weighted by molar-refractivity contribution is 5.87. The lowest BCUT2D eigenvalue weighted by Gasteiger charge is -2.10. The van der Waals surface area contributed by atoms with E-state index < -0.39 is 29.0 Å². The number of carboxylic acid groups (broad SMARTS) is 1. The maximum Gasteiger partial charge on any atom is 0.352 e. The summed E-state index contributed by atoms with van der Waals surface area (Å²) in [7, 11) is 0. The highest BCUT2D eigenvalue weighted by Crippen LogP contribution is 2.29. The second-order valence-corrected chi connectivity index (χ2v) is 3.90. The number of hydrogen-bond donors (Lipinski definition) is 1. The molecule has 0 bridgehead atoms. The molecule has 0 radical (unpaired) electrons. The maximum absolute atomic E-state index is 13.7. The monoisotopic (exact) mass is 269 g/mol. The third-order valence-corrected chi connectivity index (χ3v) is 2.78. The number of nitrogens with zero attached hydrogens (tertiary/aromatic N) is 1. The predicted octanol–water partition coefficient (Wildman–Crippen LogP) is 3.29. The van der Waals surface area contributed by atoms with E-state index in [1.165, 1.54) is 16.7 Å². The van der Waals surface area contributed by atoms with Crippen molar-refractivity contribution < 1.29 is 23.1 Å². The first-order valence-corrected chi connectivity index (χ1v) is 5.53. The molecule has 0 aliphatic rings. The van der Waals surface area contributed by atoms with E-state index in [0.717, 1.165) is 0 Å². The summed E-state index contributed by atoms with van der Waals surface area (Å²) in [4.78, 5) is 11.0. The van der Waals surface area contributed by atoms with Gasteiger partial charge in [0.15, 0.2) is 0 Å². The molecule has 1 heterocycles. The van der Waals surface area contributed by atoms with Crippen molar-refractivity contribution in [2.24, 2.45) is 0 Å². The van der Waals surface area contributed by atoms with Crippen molar-refractivity contribution in [2.45, 2.75) is 13.5 Å². The topological polar surface area (TPSA) is 42.2 Å². The third kappa shape index (κ3) is 2.21. The molecule has 0 atom stereocenters. The van der Waals surface area contributed by atoms with Gasteiger partial charge in [0, 0.05) is 18.7 Å². The minimum absolute atomic E-state index is 0.0647. The maximum atomic E-state index is 13.7. The van der Waals surface area contributed by atoms with Crippen LogP contribution in [0.4, 0.5) is 13.2 Å². The highest BCUT2D eigenvalue weighted by Gasteiger charge is 2.20. The van der Waals surface area contributed by atoms with Gasteiger partial charge in [-0.1, -0.05) is 0 Å². The molecule has 0 unspecified atom stereocenters. The van der Waals surface area contributed by atoms with Crippen LogP contribution in [0.15, 0.2) is 24.3 Å². The lowest BCUT2D eigenvalue weighted by molar-refractivity contribution is 0.0685. The summed E-state index contributed by atoms with van der Waals surface area (Å²) in [5.74, 6) is -4.35. The molecule has 0 spiro atoms. The summed E-state index contributed by atoms with van der Waals surface area (Å²) in [6, 6.07) is 3.67. The van der Waals surface area contributed by atoms with E-state index in [1.807, 2.05) is 0 Å². The smallest absolute Gasteiger partial charge is 0.352 e. The van der Waals surface area contributed by atoms with Crippen LogP contribution < -0.4 is 0 Å². The number of halogens is 3. The Kier molecular flexibility index (Phi) is 3.33. The van der Waals surface area contributed by atoms with E-state index in [-0.39, 0.29) is 17.9 Å². The minimum atomic E-state index is -1.20. The Labute approximate surface area is 106 Å². The van der Waals surface area contributed by atoms with Crippen molar-refractivity contribution in [3.05, 3.63) is 47.4 Å². The first kappa shape index (κ1) is 13.2. The summed E-state index contributed by atoms with van der Waals surface area (Å²) >= 11 is 0. The standard InChI is InChI=1S/C13H10F3NO2/c1-2-17-10(3-4-11(17)13(18)19)12-8(15)5-7(14)6-9(12)16/h3-6H,2H2,1H3,(H,18,19). The van der Waals surface area contributed by atoms with Gasteiger partial charge in [-0.15, -0.1) is 0 Å².